The SMILES string of the molecule is Cc1ccc2cccc(NCc3cc(C)sc3C)c2n1. The molecule has 0 aliphatic carbocycles. The van der Waals surface area contributed by atoms with Gasteiger partial charge in [0, 0.05) is 27.4 Å². The summed E-state index contributed by atoms with van der Waals surface area (Å²) >= 11 is 1.85. The number of fused-ring (bicyclic) bond motifs is 1. The molecule has 0 aliphatic rings. The number of nitrogens with one attached hydrogen (secondary N) is 1. The number of anilines is 1. The summed E-state index contributed by atoms with van der Waals surface area (Å²) < 4.78 is 0. The quantitative estimate of drug-likeness (QED) is 0.744. The minimum Gasteiger partial charge on any atom is -0.379 e. The van der Waals surface area contributed by atoms with Crippen molar-refractivity contribution in [1.29, 1.82) is 0 Å². The van der Waals surface area contributed by atoms with Gasteiger partial charge in [0.25, 0.3) is 0 Å². The van der Waals surface area contributed by atoms with E-state index in [0.29, 0.717) is 0 Å². The fraction of sp³-hybridized carbons (Fsp3) is 0.235. The minimum atomic E-state index is 0.852. The maximum Gasteiger partial charge on any atom is 0.0936 e. The average Bonchev–Trinajstić information content (AvgIpc) is 2.74. The van der Waals surface area contributed by atoms with E-state index in [4.69, 9.17) is 0 Å². The maximum atomic E-state index is 4.66. The lowest BCUT2D eigenvalue weighted by Gasteiger charge is -2.09. The number of thiophene rings is 1. The van der Waals surface area contributed by atoms with Crippen molar-refractivity contribution in [3.8, 4) is 0 Å². The summed E-state index contributed by atoms with van der Waals surface area (Å²) in [6.07, 6.45) is 0. The van der Waals surface area contributed by atoms with Gasteiger partial charge in [-0.05, 0) is 44.5 Å². The van der Waals surface area contributed by atoms with E-state index >= 15 is 0 Å². The first-order chi connectivity index (χ1) is 9.63. The molecule has 0 radical (unpaired) electrons. The van der Waals surface area contributed by atoms with Gasteiger partial charge in [0.1, 0.15) is 0 Å². The van der Waals surface area contributed by atoms with Crippen molar-refractivity contribution in [3.05, 3.63) is 57.4 Å². The van der Waals surface area contributed by atoms with Crippen LogP contribution in [0.4, 0.5) is 5.69 Å². The molecule has 20 heavy (non-hydrogen) atoms. The summed E-state index contributed by atoms with van der Waals surface area (Å²) in [5.41, 5.74) is 4.58. The zero-order valence-electron chi connectivity index (χ0n) is 12.0. The Hall–Kier alpha value is -1.87. The van der Waals surface area contributed by atoms with Crippen LogP contribution in [0, 0.1) is 20.8 Å². The summed E-state index contributed by atoms with van der Waals surface area (Å²) in [6.45, 7) is 7.22. The fourth-order valence-corrected chi connectivity index (χ4v) is 3.38. The van der Waals surface area contributed by atoms with E-state index < -0.39 is 0 Å². The van der Waals surface area contributed by atoms with Crippen molar-refractivity contribution >= 4 is 27.9 Å². The molecule has 0 bridgehead atoms. The van der Waals surface area contributed by atoms with Gasteiger partial charge in [0.2, 0.25) is 0 Å². The van der Waals surface area contributed by atoms with Crippen LogP contribution in [-0.2, 0) is 6.54 Å². The molecule has 102 valence electrons. The Morgan fingerprint density at radius 3 is 2.70 bits per heavy atom. The molecule has 2 aromatic heterocycles. The van der Waals surface area contributed by atoms with Crippen LogP contribution in [0.15, 0.2) is 36.4 Å². The van der Waals surface area contributed by atoms with Crippen LogP contribution in [0.5, 0.6) is 0 Å². The second-order valence-electron chi connectivity index (χ2n) is 5.12. The molecule has 0 aliphatic heterocycles. The number of benzene rings is 1. The van der Waals surface area contributed by atoms with E-state index in [1.807, 2.05) is 18.3 Å². The molecule has 0 unspecified atom stereocenters. The van der Waals surface area contributed by atoms with Crippen LogP contribution in [0.3, 0.4) is 0 Å². The number of hydrogen-bond acceptors (Lipinski definition) is 3. The van der Waals surface area contributed by atoms with Crippen LogP contribution >= 0.6 is 11.3 Å². The highest BCUT2D eigenvalue weighted by atomic mass is 32.1. The normalized spacial score (nSPS) is 10.9. The van der Waals surface area contributed by atoms with E-state index in [1.54, 1.807) is 0 Å². The second-order valence-corrected chi connectivity index (χ2v) is 6.58. The summed E-state index contributed by atoms with van der Waals surface area (Å²) in [5, 5.41) is 4.71. The first kappa shape index (κ1) is 13.1. The van der Waals surface area contributed by atoms with E-state index in [9.17, 15) is 0 Å². The smallest absolute Gasteiger partial charge is 0.0936 e. The molecule has 0 spiro atoms. The van der Waals surface area contributed by atoms with Gasteiger partial charge in [-0.25, -0.2) is 0 Å². The maximum absolute atomic E-state index is 4.66. The lowest BCUT2D eigenvalue weighted by atomic mass is 10.1. The largest absolute Gasteiger partial charge is 0.379 e. The number of para-hydroxylation sites is 1. The topological polar surface area (TPSA) is 24.9 Å². The Kier molecular flexibility index (Phi) is 3.45. The van der Waals surface area contributed by atoms with E-state index in [-0.39, 0.29) is 0 Å². The fourth-order valence-electron chi connectivity index (χ4n) is 2.44. The van der Waals surface area contributed by atoms with Crippen molar-refractivity contribution in [2.45, 2.75) is 27.3 Å². The molecule has 3 rings (SSSR count). The van der Waals surface area contributed by atoms with Crippen molar-refractivity contribution in [2.24, 2.45) is 0 Å². The van der Waals surface area contributed by atoms with Gasteiger partial charge >= 0.3 is 0 Å². The van der Waals surface area contributed by atoms with E-state index in [2.05, 4.69) is 60.5 Å². The standard InChI is InChI=1S/C17H18N2S/c1-11-7-8-14-5-4-6-16(17(14)19-11)18-10-15-9-12(2)20-13(15)3/h4-9,18H,10H2,1-3H3. The predicted molar refractivity (Wildman–Crippen MR) is 87.6 cm³/mol. The predicted octanol–water partition coefficient (Wildman–Crippen LogP) is 4.83. The van der Waals surface area contributed by atoms with Crippen molar-refractivity contribution in [2.75, 3.05) is 5.32 Å². The highest BCUT2D eigenvalue weighted by Gasteiger charge is 2.05. The van der Waals surface area contributed by atoms with Crippen molar-refractivity contribution < 1.29 is 0 Å². The molecule has 0 fully saturated rings. The van der Waals surface area contributed by atoms with Gasteiger partial charge in [0.15, 0.2) is 0 Å². The van der Waals surface area contributed by atoms with Crippen LogP contribution in [-0.4, -0.2) is 4.98 Å². The molecule has 3 aromatic rings. The Bertz CT molecular complexity index is 759. The summed E-state index contributed by atoms with van der Waals surface area (Å²) in [6, 6.07) is 12.7. The number of nitrogens with zero attached hydrogens (tertiary/aromatic N) is 1. The summed E-state index contributed by atoms with van der Waals surface area (Å²) in [7, 11) is 0. The Balaban J connectivity index is 1.91. The van der Waals surface area contributed by atoms with Gasteiger partial charge in [-0.1, -0.05) is 18.2 Å². The molecule has 0 saturated heterocycles. The molecule has 2 nitrogen and oxygen atoms in total. The summed E-state index contributed by atoms with van der Waals surface area (Å²) in [5.74, 6) is 0. The average molecular weight is 282 g/mol. The van der Waals surface area contributed by atoms with Crippen LogP contribution in [0.1, 0.15) is 21.0 Å². The van der Waals surface area contributed by atoms with Crippen molar-refractivity contribution in [3.63, 3.8) is 0 Å². The second kappa shape index (κ2) is 5.25. The molecule has 0 amide bonds. The number of aryl methyl sites for hydroxylation is 3. The van der Waals surface area contributed by atoms with E-state index in [1.165, 1.54) is 20.7 Å². The Morgan fingerprint density at radius 1 is 1.10 bits per heavy atom. The molecular formula is C17H18N2S. The third-order valence-corrected chi connectivity index (χ3v) is 4.48. The zero-order valence-corrected chi connectivity index (χ0v) is 12.8. The van der Waals surface area contributed by atoms with E-state index in [0.717, 1.165) is 23.4 Å². The lowest BCUT2D eigenvalue weighted by Crippen LogP contribution is -2.01. The van der Waals surface area contributed by atoms with Crippen molar-refractivity contribution in [1.82, 2.24) is 4.98 Å². The monoisotopic (exact) mass is 282 g/mol. The van der Waals surface area contributed by atoms with Crippen LogP contribution in [0.2, 0.25) is 0 Å². The van der Waals surface area contributed by atoms with Crippen LogP contribution < -0.4 is 5.32 Å². The zero-order chi connectivity index (χ0) is 14.1. The Morgan fingerprint density at radius 2 is 1.95 bits per heavy atom. The first-order valence-corrected chi connectivity index (χ1v) is 7.61. The molecule has 1 aromatic carbocycles. The lowest BCUT2D eigenvalue weighted by molar-refractivity contribution is 1.14. The van der Waals surface area contributed by atoms with Crippen LogP contribution in [0.25, 0.3) is 10.9 Å². The van der Waals surface area contributed by atoms with Gasteiger partial charge in [0.05, 0.1) is 11.2 Å². The number of rotatable bonds is 3. The van der Waals surface area contributed by atoms with Gasteiger partial charge in [-0.3, -0.25) is 4.98 Å². The van der Waals surface area contributed by atoms with Gasteiger partial charge in [-0.2, -0.15) is 0 Å². The number of pyridine rings is 1. The number of hydrogen-bond donors (Lipinski definition) is 1. The third kappa shape index (κ3) is 2.54. The molecule has 0 atom stereocenters. The Labute approximate surface area is 123 Å². The molecule has 1 N–H and O–H groups in total. The highest BCUT2D eigenvalue weighted by Crippen LogP contribution is 2.25. The molecule has 2 heterocycles. The highest BCUT2D eigenvalue weighted by molar-refractivity contribution is 7.12. The molecule has 3 heteroatoms. The van der Waals surface area contributed by atoms with Gasteiger partial charge in [-0.15, -0.1) is 11.3 Å². The number of aromatic nitrogens is 1. The molecule has 0 saturated carbocycles. The first-order valence-electron chi connectivity index (χ1n) is 6.79. The summed E-state index contributed by atoms with van der Waals surface area (Å²) in [4.78, 5) is 7.41. The molecular weight excluding hydrogens is 264 g/mol. The third-order valence-electron chi connectivity index (χ3n) is 3.47. The minimum absolute atomic E-state index is 0.852. The van der Waals surface area contributed by atoms with Gasteiger partial charge < -0.3 is 5.32 Å².